The first kappa shape index (κ1) is 65.8. The van der Waals surface area contributed by atoms with Gasteiger partial charge < -0.3 is 27.9 Å². The molecule has 0 aliphatic rings. The van der Waals surface area contributed by atoms with Gasteiger partial charge in [0.2, 0.25) is 0 Å². The molecule has 0 spiro atoms. The van der Waals surface area contributed by atoms with Crippen molar-refractivity contribution in [1.29, 1.82) is 0 Å². The normalized spacial score (nSPS) is 13.3. The van der Waals surface area contributed by atoms with Crippen molar-refractivity contribution in [3.05, 3.63) is 12.2 Å². The van der Waals surface area contributed by atoms with E-state index in [0.29, 0.717) is 23.9 Å². The van der Waals surface area contributed by atoms with Gasteiger partial charge in [0, 0.05) is 12.8 Å². The van der Waals surface area contributed by atoms with Crippen LogP contribution in [0.1, 0.15) is 290 Å². The van der Waals surface area contributed by atoms with Crippen LogP contribution < -0.4 is 4.89 Å². The third-order valence-electron chi connectivity index (χ3n) is 13.0. The number of rotatable bonds is 54. The van der Waals surface area contributed by atoms with Crippen molar-refractivity contribution in [2.75, 3.05) is 47.5 Å². The Balaban J connectivity index is 4.15. The van der Waals surface area contributed by atoms with Crippen LogP contribution in [0.2, 0.25) is 0 Å². The number of hydrogen-bond acceptors (Lipinski definition) is 8. The van der Waals surface area contributed by atoms with Crippen LogP contribution in [0.15, 0.2) is 12.2 Å². The second kappa shape index (κ2) is 49.7. The summed E-state index contributed by atoms with van der Waals surface area (Å²) in [6.07, 6.45) is 56.9. The molecule has 0 saturated carbocycles. The van der Waals surface area contributed by atoms with Crippen LogP contribution >= 0.6 is 7.82 Å². The zero-order valence-corrected chi connectivity index (χ0v) is 46.0. The lowest BCUT2D eigenvalue weighted by molar-refractivity contribution is -0.870. The van der Waals surface area contributed by atoms with E-state index < -0.39 is 32.5 Å². The number of carbonyl (C=O) groups excluding carboxylic acids is 2. The summed E-state index contributed by atoms with van der Waals surface area (Å²) in [7, 11) is 1.17. The predicted octanol–water partition coefficient (Wildman–Crippen LogP) is 17.0. The zero-order chi connectivity index (χ0) is 49.2. The standard InChI is InChI=1S/C57H112NO8P/c1-6-8-10-12-14-16-18-20-22-24-26-28-29-30-32-33-35-37-39-41-43-45-47-49-56(59)63-53-55(54-65-67(61,62)64-52-51-58(3,4)5)66-57(60)50-48-46-44-42-40-38-36-34-31-27-25-23-21-19-17-15-13-11-9-7-2/h41,43,55H,6-40,42,44-54H2,1-5H3/b43-41+/t55-/m1/s1. The third kappa shape index (κ3) is 53.9. The minimum Gasteiger partial charge on any atom is -0.756 e. The number of unbranched alkanes of at least 4 members (excludes halogenated alkanes) is 38. The van der Waals surface area contributed by atoms with E-state index in [9.17, 15) is 19.0 Å². The number of phosphoric ester groups is 1. The number of carbonyl (C=O) groups is 2. The summed E-state index contributed by atoms with van der Waals surface area (Å²) in [5.74, 6) is -0.852. The van der Waals surface area contributed by atoms with E-state index >= 15 is 0 Å². The summed E-state index contributed by atoms with van der Waals surface area (Å²) in [6.45, 7) is 4.27. The first-order chi connectivity index (χ1) is 32.5. The molecule has 0 heterocycles. The highest BCUT2D eigenvalue weighted by Gasteiger charge is 2.21. The van der Waals surface area contributed by atoms with Crippen LogP contribution in [0.5, 0.6) is 0 Å². The predicted molar refractivity (Wildman–Crippen MR) is 282 cm³/mol. The molecule has 0 aliphatic heterocycles. The average Bonchev–Trinajstić information content (AvgIpc) is 3.29. The van der Waals surface area contributed by atoms with E-state index in [1.165, 1.54) is 225 Å². The lowest BCUT2D eigenvalue weighted by atomic mass is 10.0. The maximum absolute atomic E-state index is 12.8. The number of nitrogens with zero attached hydrogens (tertiary/aromatic N) is 1. The minimum absolute atomic E-state index is 0.0306. The molecule has 67 heavy (non-hydrogen) atoms. The van der Waals surface area contributed by atoms with Crippen molar-refractivity contribution in [3.8, 4) is 0 Å². The molecule has 9 nitrogen and oxygen atoms in total. The van der Waals surface area contributed by atoms with Crippen molar-refractivity contribution in [2.45, 2.75) is 296 Å². The molecule has 10 heteroatoms. The van der Waals surface area contributed by atoms with Crippen molar-refractivity contribution in [1.82, 2.24) is 0 Å². The Morgan fingerprint density at radius 1 is 0.448 bits per heavy atom. The van der Waals surface area contributed by atoms with Gasteiger partial charge in [-0.05, 0) is 32.1 Å². The van der Waals surface area contributed by atoms with Gasteiger partial charge in [-0.25, -0.2) is 0 Å². The molecule has 0 aromatic carbocycles. The number of allylic oxidation sites excluding steroid dienone is 2. The SMILES string of the molecule is CCCCCCCCCCCCCCCCCCCC/C=C/CCCC(=O)OC[C@H](COP(=O)([O-])OCC[N+](C)(C)C)OC(=O)CCCCCCCCCCCCCCCCCCCCCC. The van der Waals surface area contributed by atoms with Gasteiger partial charge >= 0.3 is 11.9 Å². The molecule has 0 bridgehead atoms. The summed E-state index contributed by atoms with van der Waals surface area (Å²) in [5.41, 5.74) is 0. The molecule has 0 fully saturated rings. The molecule has 0 aromatic heterocycles. The maximum Gasteiger partial charge on any atom is 0.306 e. The molecule has 0 saturated heterocycles. The average molecular weight is 970 g/mol. The van der Waals surface area contributed by atoms with Gasteiger partial charge in [0.25, 0.3) is 7.82 Å². The third-order valence-corrected chi connectivity index (χ3v) is 14.0. The number of phosphoric acid groups is 1. The minimum atomic E-state index is -4.63. The molecule has 0 amide bonds. The number of ether oxygens (including phenoxy) is 2. The van der Waals surface area contributed by atoms with E-state index in [0.717, 1.165) is 25.7 Å². The molecule has 0 aliphatic carbocycles. The highest BCUT2D eigenvalue weighted by molar-refractivity contribution is 7.45. The highest BCUT2D eigenvalue weighted by atomic mass is 31.2. The molecule has 0 rings (SSSR count). The molecule has 2 atom stereocenters. The molecule has 0 N–H and O–H groups in total. The fourth-order valence-corrected chi connectivity index (χ4v) is 9.27. The lowest BCUT2D eigenvalue weighted by Crippen LogP contribution is -2.37. The van der Waals surface area contributed by atoms with Crippen molar-refractivity contribution in [2.24, 2.45) is 0 Å². The lowest BCUT2D eigenvalue weighted by Gasteiger charge is -2.28. The summed E-state index contributed by atoms with van der Waals surface area (Å²) in [6, 6.07) is 0. The van der Waals surface area contributed by atoms with Crippen molar-refractivity contribution in [3.63, 3.8) is 0 Å². The zero-order valence-electron chi connectivity index (χ0n) is 45.1. The molecular weight excluding hydrogens is 858 g/mol. The van der Waals surface area contributed by atoms with Gasteiger partial charge in [-0.3, -0.25) is 14.2 Å². The first-order valence-corrected chi connectivity index (χ1v) is 30.4. The van der Waals surface area contributed by atoms with E-state index in [-0.39, 0.29) is 26.1 Å². The van der Waals surface area contributed by atoms with Crippen LogP contribution in [0.3, 0.4) is 0 Å². The molecule has 398 valence electrons. The first-order valence-electron chi connectivity index (χ1n) is 28.9. The van der Waals surface area contributed by atoms with E-state index in [1.807, 2.05) is 21.1 Å². The second-order valence-corrected chi connectivity index (χ2v) is 22.4. The van der Waals surface area contributed by atoms with Gasteiger partial charge in [-0.15, -0.1) is 0 Å². The van der Waals surface area contributed by atoms with Gasteiger partial charge in [-0.2, -0.15) is 0 Å². The Kier molecular flexibility index (Phi) is 48.8. The topological polar surface area (TPSA) is 111 Å². The Morgan fingerprint density at radius 2 is 0.776 bits per heavy atom. The van der Waals surface area contributed by atoms with Gasteiger partial charge in [0.05, 0.1) is 27.7 Å². The summed E-state index contributed by atoms with van der Waals surface area (Å²) in [4.78, 5) is 37.8. The van der Waals surface area contributed by atoms with Gasteiger partial charge in [0.1, 0.15) is 19.8 Å². The number of esters is 2. The second-order valence-electron chi connectivity index (χ2n) is 21.0. The largest absolute Gasteiger partial charge is 0.756 e. The van der Waals surface area contributed by atoms with Crippen molar-refractivity contribution >= 4 is 19.8 Å². The maximum atomic E-state index is 12.8. The Labute approximate surface area is 416 Å². The molecule has 1 unspecified atom stereocenters. The molecule has 0 radical (unpaired) electrons. The van der Waals surface area contributed by atoms with Gasteiger partial charge in [-0.1, -0.05) is 257 Å². The Hall–Kier alpha value is -1.25. The monoisotopic (exact) mass is 970 g/mol. The van der Waals surface area contributed by atoms with Gasteiger partial charge in [0.15, 0.2) is 6.10 Å². The van der Waals surface area contributed by atoms with E-state index in [4.69, 9.17) is 18.5 Å². The molecular formula is C57H112NO8P. The summed E-state index contributed by atoms with van der Waals surface area (Å²) >= 11 is 0. The highest BCUT2D eigenvalue weighted by Crippen LogP contribution is 2.38. The van der Waals surface area contributed by atoms with Crippen LogP contribution in [0, 0.1) is 0 Å². The van der Waals surface area contributed by atoms with Crippen molar-refractivity contribution < 1.29 is 42.1 Å². The van der Waals surface area contributed by atoms with E-state index in [1.54, 1.807) is 0 Å². The summed E-state index contributed by atoms with van der Waals surface area (Å²) in [5, 5.41) is 0. The number of likely N-dealkylation sites (N-methyl/N-ethyl adjacent to an activating group) is 1. The van der Waals surface area contributed by atoms with E-state index in [2.05, 4.69) is 26.0 Å². The van der Waals surface area contributed by atoms with Crippen LogP contribution in [0.25, 0.3) is 0 Å². The summed E-state index contributed by atoms with van der Waals surface area (Å²) < 4.78 is 34.1. The smallest absolute Gasteiger partial charge is 0.306 e. The fourth-order valence-electron chi connectivity index (χ4n) is 8.55. The molecule has 0 aromatic rings. The van der Waals surface area contributed by atoms with Crippen LogP contribution in [-0.2, 0) is 32.7 Å². The number of quaternary nitrogens is 1. The number of hydrogen-bond donors (Lipinski definition) is 0. The Bertz CT molecular complexity index is 1140. The fraction of sp³-hybridized carbons (Fsp3) is 0.930. The van der Waals surface area contributed by atoms with Crippen LogP contribution in [-0.4, -0.2) is 70.0 Å². The quantitative estimate of drug-likeness (QED) is 0.0195. The Morgan fingerprint density at radius 3 is 1.15 bits per heavy atom. The van der Waals surface area contributed by atoms with Crippen LogP contribution in [0.4, 0.5) is 0 Å².